The molecule has 3 aromatic rings. The van der Waals surface area contributed by atoms with Crippen molar-refractivity contribution in [3.63, 3.8) is 0 Å². The first-order chi connectivity index (χ1) is 14.1. The Morgan fingerprint density at radius 3 is 2.90 bits per heavy atom. The van der Waals surface area contributed by atoms with Gasteiger partial charge in [-0.25, -0.2) is 9.97 Å². The number of aromatic amines is 1. The third-order valence-corrected chi connectivity index (χ3v) is 5.67. The summed E-state index contributed by atoms with van der Waals surface area (Å²) in [6.45, 7) is 7.57. The smallest absolute Gasteiger partial charge is 0.274 e. The number of nitrogens with zero attached hydrogens (tertiary/aromatic N) is 5. The molecule has 4 rings (SSSR count). The minimum atomic E-state index is -0.0289. The Morgan fingerprint density at radius 2 is 2.14 bits per heavy atom. The fourth-order valence-electron chi connectivity index (χ4n) is 3.32. The molecule has 2 N–H and O–H groups in total. The maximum atomic E-state index is 13.1. The van der Waals surface area contributed by atoms with E-state index in [0.717, 1.165) is 40.2 Å². The van der Waals surface area contributed by atoms with E-state index in [4.69, 9.17) is 9.72 Å². The van der Waals surface area contributed by atoms with E-state index in [0.29, 0.717) is 38.5 Å². The molecule has 29 heavy (non-hydrogen) atoms. The molecular weight excluding hydrogens is 390 g/mol. The van der Waals surface area contributed by atoms with Gasteiger partial charge in [0.05, 0.1) is 18.9 Å². The van der Waals surface area contributed by atoms with Gasteiger partial charge in [-0.3, -0.25) is 9.89 Å². The second kappa shape index (κ2) is 8.93. The van der Waals surface area contributed by atoms with Gasteiger partial charge < -0.3 is 19.4 Å². The summed E-state index contributed by atoms with van der Waals surface area (Å²) >= 11 is 1.59. The zero-order valence-corrected chi connectivity index (χ0v) is 17.5. The SMILES string of the molecule is Cc1nc(SCCNCc2c(C(=O)N3CCOCC3)nc3c(C)cccn23)n[nH]1. The molecule has 3 aromatic heterocycles. The van der Waals surface area contributed by atoms with Crippen LogP contribution in [0.4, 0.5) is 0 Å². The fraction of sp³-hybridized carbons (Fsp3) is 0.474. The van der Waals surface area contributed by atoms with Crippen LogP contribution in [0.1, 0.15) is 27.6 Å². The van der Waals surface area contributed by atoms with E-state index >= 15 is 0 Å². The lowest BCUT2D eigenvalue weighted by atomic mass is 10.2. The molecule has 1 fully saturated rings. The minimum Gasteiger partial charge on any atom is -0.378 e. The number of hydrogen-bond acceptors (Lipinski definition) is 7. The van der Waals surface area contributed by atoms with E-state index in [1.165, 1.54) is 0 Å². The number of carbonyl (C=O) groups is 1. The monoisotopic (exact) mass is 415 g/mol. The minimum absolute atomic E-state index is 0.0289. The number of fused-ring (bicyclic) bond motifs is 1. The zero-order valence-electron chi connectivity index (χ0n) is 16.6. The third-order valence-electron chi connectivity index (χ3n) is 4.82. The molecule has 1 saturated heterocycles. The molecule has 10 heteroatoms. The predicted molar refractivity (Wildman–Crippen MR) is 110 cm³/mol. The van der Waals surface area contributed by atoms with E-state index in [1.807, 2.05) is 41.5 Å². The molecule has 154 valence electrons. The number of rotatable bonds is 7. The van der Waals surface area contributed by atoms with Crippen molar-refractivity contribution < 1.29 is 9.53 Å². The van der Waals surface area contributed by atoms with E-state index < -0.39 is 0 Å². The summed E-state index contributed by atoms with van der Waals surface area (Å²) in [4.78, 5) is 23.9. The molecule has 0 radical (unpaired) electrons. The lowest BCUT2D eigenvalue weighted by Gasteiger charge is -2.26. The van der Waals surface area contributed by atoms with Crippen LogP contribution in [0, 0.1) is 13.8 Å². The van der Waals surface area contributed by atoms with Crippen LogP contribution in [-0.2, 0) is 11.3 Å². The summed E-state index contributed by atoms with van der Waals surface area (Å²) in [7, 11) is 0. The Morgan fingerprint density at radius 1 is 1.31 bits per heavy atom. The molecule has 1 aliphatic heterocycles. The van der Waals surface area contributed by atoms with Gasteiger partial charge in [0.1, 0.15) is 11.5 Å². The lowest BCUT2D eigenvalue weighted by molar-refractivity contribution is 0.0298. The van der Waals surface area contributed by atoms with Gasteiger partial charge in [-0.05, 0) is 25.5 Å². The molecular formula is C19H25N7O2S. The van der Waals surface area contributed by atoms with Crippen LogP contribution < -0.4 is 5.32 Å². The molecule has 0 unspecified atom stereocenters. The van der Waals surface area contributed by atoms with Crippen molar-refractivity contribution in [2.24, 2.45) is 0 Å². The van der Waals surface area contributed by atoms with Crippen molar-refractivity contribution in [2.75, 3.05) is 38.6 Å². The summed E-state index contributed by atoms with van der Waals surface area (Å²) in [6.07, 6.45) is 1.97. The number of pyridine rings is 1. The van der Waals surface area contributed by atoms with Crippen molar-refractivity contribution in [1.29, 1.82) is 0 Å². The summed E-state index contributed by atoms with van der Waals surface area (Å²) < 4.78 is 7.39. The Kier molecular flexibility index (Phi) is 6.12. The van der Waals surface area contributed by atoms with Gasteiger partial charge in [0.15, 0.2) is 5.69 Å². The number of nitrogens with one attached hydrogen (secondary N) is 2. The number of hydrogen-bond donors (Lipinski definition) is 2. The number of ether oxygens (including phenoxy) is 1. The number of aryl methyl sites for hydroxylation is 2. The predicted octanol–water partition coefficient (Wildman–Crippen LogP) is 1.42. The van der Waals surface area contributed by atoms with Gasteiger partial charge in [-0.2, -0.15) is 0 Å². The van der Waals surface area contributed by atoms with Crippen LogP contribution in [0.2, 0.25) is 0 Å². The quantitative estimate of drug-likeness (QED) is 0.445. The summed E-state index contributed by atoms with van der Waals surface area (Å²) in [5.41, 5.74) is 3.28. The zero-order chi connectivity index (χ0) is 20.2. The number of morpholine rings is 1. The Balaban J connectivity index is 1.47. The summed E-state index contributed by atoms with van der Waals surface area (Å²) in [5.74, 6) is 1.62. The Hall–Kier alpha value is -2.43. The maximum Gasteiger partial charge on any atom is 0.274 e. The molecule has 9 nitrogen and oxygen atoms in total. The largest absolute Gasteiger partial charge is 0.378 e. The van der Waals surface area contributed by atoms with Crippen molar-refractivity contribution in [3.8, 4) is 0 Å². The van der Waals surface area contributed by atoms with Gasteiger partial charge in [-0.1, -0.05) is 17.8 Å². The molecule has 0 atom stereocenters. The van der Waals surface area contributed by atoms with Gasteiger partial charge >= 0.3 is 0 Å². The number of thioether (sulfide) groups is 1. The number of carbonyl (C=O) groups excluding carboxylic acids is 1. The molecule has 1 aliphatic rings. The van der Waals surface area contributed by atoms with Gasteiger partial charge in [-0.15, -0.1) is 5.10 Å². The van der Waals surface area contributed by atoms with Crippen molar-refractivity contribution >= 4 is 23.3 Å². The van der Waals surface area contributed by atoms with E-state index in [9.17, 15) is 4.79 Å². The first-order valence-electron chi connectivity index (χ1n) is 9.69. The number of imidazole rings is 1. The Bertz CT molecular complexity index is 994. The van der Waals surface area contributed by atoms with Crippen LogP contribution in [0.3, 0.4) is 0 Å². The molecule has 0 bridgehead atoms. The van der Waals surface area contributed by atoms with Crippen LogP contribution in [0.25, 0.3) is 5.65 Å². The molecule has 0 aliphatic carbocycles. The van der Waals surface area contributed by atoms with Crippen LogP contribution in [0.15, 0.2) is 23.5 Å². The van der Waals surface area contributed by atoms with Gasteiger partial charge in [0.25, 0.3) is 5.91 Å². The van der Waals surface area contributed by atoms with Crippen molar-refractivity contribution in [2.45, 2.75) is 25.5 Å². The topological polar surface area (TPSA) is 100 Å². The number of H-pyrrole nitrogens is 1. The van der Waals surface area contributed by atoms with Crippen LogP contribution >= 0.6 is 11.8 Å². The highest BCUT2D eigenvalue weighted by Crippen LogP contribution is 2.18. The standard InChI is InChI=1S/C19H25N7O2S/c1-13-4-3-6-26-15(12-20-5-11-29-19-21-14(2)23-24-19)16(22-17(13)26)18(27)25-7-9-28-10-8-25/h3-4,6,20H,5,7-12H2,1-2H3,(H,21,23,24). The highest BCUT2D eigenvalue weighted by molar-refractivity contribution is 7.99. The highest BCUT2D eigenvalue weighted by atomic mass is 32.2. The van der Waals surface area contributed by atoms with Gasteiger partial charge in [0, 0.05) is 38.1 Å². The normalized spacial score (nSPS) is 14.6. The highest BCUT2D eigenvalue weighted by Gasteiger charge is 2.25. The molecule has 0 aromatic carbocycles. The number of aromatic nitrogens is 5. The van der Waals surface area contributed by atoms with E-state index in [1.54, 1.807) is 11.8 Å². The summed E-state index contributed by atoms with van der Waals surface area (Å²) in [5, 5.41) is 11.2. The molecule has 1 amide bonds. The third kappa shape index (κ3) is 4.44. The van der Waals surface area contributed by atoms with Crippen LogP contribution in [-0.4, -0.2) is 74.0 Å². The Labute approximate surface area is 173 Å². The lowest BCUT2D eigenvalue weighted by Crippen LogP contribution is -2.41. The van der Waals surface area contributed by atoms with E-state index in [2.05, 4.69) is 20.5 Å². The fourth-order valence-corrected chi connectivity index (χ4v) is 4.06. The summed E-state index contributed by atoms with van der Waals surface area (Å²) in [6, 6.07) is 4.00. The second-order valence-electron chi connectivity index (χ2n) is 6.93. The average molecular weight is 416 g/mol. The van der Waals surface area contributed by atoms with Crippen LogP contribution in [0.5, 0.6) is 0 Å². The van der Waals surface area contributed by atoms with Crippen molar-refractivity contribution in [3.05, 3.63) is 41.1 Å². The number of amides is 1. The first-order valence-corrected chi connectivity index (χ1v) is 10.7. The first kappa shape index (κ1) is 19.9. The van der Waals surface area contributed by atoms with Crippen molar-refractivity contribution in [1.82, 2.24) is 34.8 Å². The molecule has 0 saturated carbocycles. The van der Waals surface area contributed by atoms with E-state index in [-0.39, 0.29) is 5.91 Å². The average Bonchev–Trinajstić information content (AvgIpc) is 3.32. The second-order valence-corrected chi connectivity index (χ2v) is 7.99. The molecule has 4 heterocycles. The van der Waals surface area contributed by atoms with Gasteiger partial charge in [0.2, 0.25) is 5.16 Å². The maximum absolute atomic E-state index is 13.1. The molecule has 0 spiro atoms.